The second-order valence-electron chi connectivity index (χ2n) is 4.47. The summed E-state index contributed by atoms with van der Waals surface area (Å²) < 4.78 is 1.09. The maximum atomic E-state index is 12.3. The van der Waals surface area contributed by atoms with Crippen LogP contribution in [0.1, 0.15) is 32.1 Å². The summed E-state index contributed by atoms with van der Waals surface area (Å²) in [6.07, 6.45) is 0.926. The Hall–Kier alpha value is -0.390. The van der Waals surface area contributed by atoms with Crippen molar-refractivity contribution in [2.24, 2.45) is 11.7 Å². The minimum Gasteiger partial charge on any atom is -0.336 e. The SMILES string of the molecule is CCC(C)C(N)C(=O)N(CC)Cc1ccc(Br)s1. The second kappa shape index (κ2) is 7.26. The van der Waals surface area contributed by atoms with E-state index in [0.29, 0.717) is 13.1 Å². The van der Waals surface area contributed by atoms with Crippen molar-refractivity contribution in [3.05, 3.63) is 20.8 Å². The van der Waals surface area contributed by atoms with Gasteiger partial charge in [-0.1, -0.05) is 20.3 Å². The average Bonchev–Trinajstić information content (AvgIpc) is 2.78. The zero-order valence-electron chi connectivity index (χ0n) is 11.1. The van der Waals surface area contributed by atoms with Crippen LogP contribution in [0.5, 0.6) is 0 Å². The van der Waals surface area contributed by atoms with Gasteiger partial charge in [0.15, 0.2) is 0 Å². The number of carbonyl (C=O) groups is 1. The molecule has 1 rings (SSSR count). The molecule has 1 aromatic rings. The molecule has 1 amide bonds. The molecule has 0 saturated heterocycles. The first kappa shape index (κ1) is 15.7. The van der Waals surface area contributed by atoms with E-state index in [2.05, 4.69) is 22.9 Å². The molecule has 0 spiro atoms. The lowest BCUT2D eigenvalue weighted by Gasteiger charge is -2.26. The maximum Gasteiger partial charge on any atom is 0.240 e. The summed E-state index contributed by atoms with van der Waals surface area (Å²) in [5, 5.41) is 0. The smallest absolute Gasteiger partial charge is 0.240 e. The monoisotopic (exact) mass is 332 g/mol. The van der Waals surface area contributed by atoms with E-state index in [9.17, 15) is 4.79 Å². The molecule has 0 radical (unpaired) electrons. The standard InChI is InChI=1S/C13H21BrN2OS/c1-4-9(3)12(15)13(17)16(5-2)8-10-6-7-11(14)18-10/h6-7,9,12H,4-5,8,15H2,1-3H3. The molecule has 1 heterocycles. The molecule has 3 nitrogen and oxygen atoms in total. The summed E-state index contributed by atoms with van der Waals surface area (Å²) in [5.41, 5.74) is 6.01. The molecule has 5 heteroatoms. The van der Waals surface area contributed by atoms with E-state index in [1.165, 1.54) is 4.88 Å². The van der Waals surface area contributed by atoms with Gasteiger partial charge in [0.2, 0.25) is 5.91 Å². The Bertz CT molecular complexity index is 394. The highest BCUT2D eigenvalue weighted by Crippen LogP contribution is 2.23. The highest BCUT2D eigenvalue weighted by atomic mass is 79.9. The van der Waals surface area contributed by atoms with E-state index >= 15 is 0 Å². The van der Waals surface area contributed by atoms with E-state index in [0.717, 1.165) is 10.2 Å². The van der Waals surface area contributed by atoms with Gasteiger partial charge >= 0.3 is 0 Å². The Kier molecular flexibility index (Phi) is 6.32. The van der Waals surface area contributed by atoms with Gasteiger partial charge in [0, 0.05) is 11.4 Å². The van der Waals surface area contributed by atoms with Crippen molar-refractivity contribution >= 4 is 33.2 Å². The average molecular weight is 333 g/mol. The molecule has 0 aromatic carbocycles. The minimum absolute atomic E-state index is 0.0522. The number of nitrogens with two attached hydrogens (primary N) is 1. The first-order valence-corrected chi connectivity index (χ1v) is 7.89. The number of likely N-dealkylation sites (N-methyl/N-ethyl adjacent to an activating group) is 1. The summed E-state index contributed by atoms with van der Waals surface area (Å²) in [6.45, 7) is 7.42. The van der Waals surface area contributed by atoms with Crippen LogP contribution in [0.4, 0.5) is 0 Å². The molecule has 2 atom stereocenters. The fourth-order valence-electron chi connectivity index (χ4n) is 1.68. The summed E-state index contributed by atoms with van der Waals surface area (Å²) in [4.78, 5) is 15.3. The third-order valence-corrected chi connectivity index (χ3v) is 4.82. The highest BCUT2D eigenvalue weighted by molar-refractivity contribution is 9.11. The predicted molar refractivity (Wildman–Crippen MR) is 80.5 cm³/mol. The van der Waals surface area contributed by atoms with Crippen LogP contribution in [0, 0.1) is 5.92 Å². The zero-order valence-corrected chi connectivity index (χ0v) is 13.6. The van der Waals surface area contributed by atoms with Gasteiger partial charge in [0.25, 0.3) is 0 Å². The summed E-state index contributed by atoms with van der Waals surface area (Å²) in [6, 6.07) is 3.66. The van der Waals surface area contributed by atoms with Crippen LogP contribution in [0.2, 0.25) is 0 Å². The van der Waals surface area contributed by atoms with Crippen LogP contribution in [0.15, 0.2) is 15.9 Å². The Morgan fingerprint density at radius 1 is 1.50 bits per heavy atom. The van der Waals surface area contributed by atoms with Crippen molar-refractivity contribution in [1.82, 2.24) is 4.90 Å². The maximum absolute atomic E-state index is 12.3. The molecule has 18 heavy (non-hydrogen) atoms. The normalized spacial score (nSPS) is 14.3. The van der Waals surface area contributed by atoms with E-state index in [-0.39, 0.29) is 11.8 Å². The van der Waals surface area contributed by atoms with Crippen LogP contribution in [-0.4, -0.2) is 23.4 Å². The van der Waals surface area contributed by atoms with Crippen molar-refractivity contribution in [3.8, 4) is 0 Å². The third-order valence-electron chi connectivity index (χ3n) is 3.21. The summed E-state index contributed by atoms with van der Waals surface area (Å²) >= 11 is 5.09. The van der Waals surface area contributed by atoms with Crippen molar-refractivity contribution in [3.63, 3.8) is 0 Å². The van der Waals surface area contributed by atoms with Crippen molar-refractivity contribution in [1.29, 1.82) is 0 Å². The Morgan fingerprint density at radius 3 is 2.61 bits per heavy atom. The molecule has 2 N–H and O–H groups in total. The van der Waals surface area contributed by atoms with Crippen LogP contribution in [-0.2, 0) is 11.3 Å². The molecule has 0 fully saturated rings. The van der Waals surface area contributed by atoms with E-state index in [1.54, 1.807) is 11.3 Å². The molecule has 1 aromatic heterocycles. The first-order chi connectivity index (χ1) is 8.49. The van der Waals surface area contributed by atoms with Gasteiger partial charge in [-0.05, 0) is 40.9 Å². The van der Waals surface area contributed by atoms with Crippen molar-refractivity contribution < 1.29 is 4.79 Å². The molecular formula is C13H21BrN2OS. The molecule has 0 aliphatic carbocycles. The zero-order chi connectivity index (χ0) is 13.7. The topological polar surface area (TPSA) is 46.3 Å². The van der Waals surface area contributed by atoms with Crippen LogP contribution in [0.25, 0.3) is 0 Å². The second-order valence-corrected chi connectivity index (χ2v) is 7.02. The molecule has 0 bridgehead atoms. The van der Waals surface area contributed by atoms with Gasteiger partial charge in [0.1, 0.15) is 0 Å². The third kappa shape index (κ3) is 4.07. The number of hydrogen-bond donors (Lipinski definition) is 1. The van der Waals surface area contributed by atoms with Gasteiger partial charge in [-0.15, -0.1) is 11.3 Å². The number of thiophene rings is 1. The molecule has 0 aliphatic heterocycles. The number of amides is 1. The van der Waals surface area contributed by atoms with Gasteiger partial charge in [-0.2, -0.15) is 0 Å². The number of carbonyl (C=O) groups excluding carboxylic acids is 1. The largest absolute Gasteiger partial charge is 0.336 e. The lowest BCUT2D eigenvalue weighted by Crippen LogP contribution is -2.46. The van der Waals surface area contributed by atoms with E-state index in [4.69, 9.17) is 5.73 Å². The Balaban J connectivity index is 2.68. The molecule has 2 unspecified atom stereocenters. The van der Waals surface area contributed by atoms with Gasteiger partial charge in [-0.25, -0.2) is 0 Å². The highest BCUT2D eigenvalue weighted by Gasteiger charge is 2.24. The van der Waals surface area contributed by atoms with Gasteiger partial charge in [0.05, 0.1) is 16.4 Å². The van der Waals surface area contributed by atoms with E-state index in [1.807, 2.05) is 30.9 Å². The van der Waals surface area contributed by atoms with Gasteiger partial charge < -0.3 is 10.6 Å². The van der Waals surface area contributed by atoms with Crippen molar-refractivity contribution in [2.75, 3.05) is 6.54 Å². The molecule has 0 saturated carbocycles. The lowest BCUT2D eigenvalue weighted by atomic mass is 9.99. The van der Waals surface area contributed by atoms with Crippen molar-refractivity contribution in [2.45, 2.75) is 39.8 Å². The van der Waals surface area contributed by atoms with Crippen LogP contribution in [0.3, 0.4) is 0 Å². The quantitative estimate of drug-likeness (QED) is 0.869. The fraction of sp³-hybridized carbons (Fsp3) is 0.615. The van der Waals surface area contributed by atoms with E-state index < -0.39 is 6.04 Å². The first-order valence-electron chi connectivity index (χ1n) is 6.28. The number of hydrogen-bond acceptors (Lipinski definition) is 3. The molecule has 0 aliphatic rings. The number of nitrogens with zero attached hydrogens (tertiary/aromatic N) is 1. The van der Waals surface area contributed by atoms with Gasteiger partial charge in [-0.3, -0.25) is 4.79 Å². The van der Waals surface area contributed by atoms with Crippen LogP contribution < -0.4 is 5.73 Å². The lowest BCUT2D eigenvalue weighted by molar-refractivity contribution is -0.134. The summed E-state index contributed by atoms with van der Waals surface area (Å²) in [7, 11) is 0. The van der Waals surface area contributed by atoms with Crippen LogP contribution >= 0.6 is 27.3 Å². The number of rotatable bonds is 6. The number of halogens is 1. The Morgan fingerprint density at radius 2 is 2.17 bits per heavy atom. The molecule has 102 valence electrons. The minimum atomic E-state index is -0.390. The Labute approximate surface area is 121 Å². The predicted octanol–water partition coefficient (Wildman–Crippen LogP) is 3.23. The fourth-order valence-corrected chi connectivity index (χ4v) is 3.18. The molecular weight excluding hydrogens is 312 g/mol. The summed E-state index contributed by atoms with van der Waals surface area (Å²) in [5.74, 6) is 0.276.